The van der Waals surface area contributed by atoms with E-state index in [1.54, 1.807) is 12.3 Å². The molecule has 4 N–H and O–H groups in total. The van der Waals surface area contributed by atoms with Crippen molar-refractivity contribution in [1.29, 1.82) is 0 Å². The SMILES string of the molecule is Nc1nccc(NC2CC(O)C2)n1. The molecule has 1 aliphatic carbocycles. The molecule has 0 saturated heterocycles. The molecule has 70 valence electrons. The summed E-state index contributed by atoms with van der Waals surface area (Å²) >= 11 is 0. The number of rotatable bonds is 2. The molecule has 0 spiro atoms. The normalized spacial score (nSPS) is 26.5. The fourth-order valence-electron chi connectivity index (χ4n) is 1.37. The summed E-state index contributed by atoms with van der Waals surface area (Å²) < 4.78 is 0. The van der Waals surface area contributed by atoms with Gasteiger partial charge in [-0.15, -0.1) is 0 Å². The molecular formula is C8H12N4O. The third-order valence-corrected chi connectivity index (χ3v) is 2.14. The molecule has 2 rings (SSSR count). The van der Waals surface area contributed by atoms with E-state index in [9.17, 15) is 0 Å². The summed E-state index contributed by atoms with van der Waals surface area (Å²) in [6.45, 7) is 0. The van der Waals surface area contributed by atoms with Gasteiger partial charge in [0, 0.05) is 12.2 Å². The zero-order valence-corrected chi connectivity index (χ0v) is 7.14. The lowest BCUT2D eigenvalue weighted by molar-refractivity contribution is 0.0835. The Balaban J connectivity index is 1.94. The van der Waals surface area contributed by atoms with Crippen molar-refractivity contribution in [3.63, 3.8) is 0 Å². The molecule has 0 bridgehead atoms. The number of nitrogen functional groups attached to an aromatic ring is 1. The lowest BCUT2D eigenvalue weighted by atomic mass is 9.89. The minimum absolute atomic E-state index is 0.156. The molecule has 0 aliphatic heterocycles. The van der Waals surface area contributed by atoms with Crippen molar-refractivity contribution in [1.82, 2.24) is 9.97 Å². The Labute approximate surface area is 76.0 Å². The second-order valence-corrected chi connectivity index (χ2v) is 3.27. The molecule has 1 fully saturated rings. The van der Waals surface area contributed by atoms with Crippen LogP contribution in [0.15, 0.2) is 12.3 Å². The van der Waals surface area contributed by atoms with E-state index in [1.165, 1.54) is 0 Å². The molecule has 5 nitrogen and oxygen atoms in total. The number of hydrogen-bond acceptors (Lipinski definition) is 5. The first-order valence-corrected chi connectivity index (χ1v) is 4.27. The number of aromatic nitrogens is 2. The number of aliphatic hydroxyl groups excluding tert-OH is 1. The zero-order valence-electron chi connectivity index (χ0n) is 7.14. The van der Waals surface area contributed by atoms with Crippen molar-refractivity contribution in [2.75, 3.05) is 11.1 Å². The fourth-order valence-corrected chi connectivity index (χ4v) is 1.37. The van der Waals surface area contributed by atoms with Crippen LogP contribution in [0.4, 0.5) is 11.8 Å². The van der Waals surface area contributed by atoms with Gasteiger partial charge in [0.2, 0.25) is 5.95 Å². The van der Waals surface area contributed by atoms with Crippen LogP contribution < -0.4 is 11.1 Å². The van der Waals surface area contributed by atoms with Gasteiger partial charge in [-0.1, -0.05) is 0 Å². The van der Waals surface area contributed by atoms with E-state index < -0.39 is 0 Å². The molecule has 1 saturated carbocycles. The van der Waals surface area contributed by atoms with Gasteiger partial charge in [0.05, 0.1) is 6.10 Å². The number of anilines is 2. The molecule has 1 heterocycles. The van der Waals surface area contributed by atoms with Crippen LogP contribution in [0.25, 0.3) is 0 Å². The quantitative estimate of drug-likeness (QED) is 0.596. The summed E-state index contributed by atoms with van der Waals surface area (Å²) in [5.41, 5.74) is 5.41. The molecule has 0 radical (unpaired) electrons. The van der Waals surface area contributed by atoms with Gasteiger partial charge in [-0.25, -0.2) is 4.98 Å². The zero-order chi connectivity index (χ0) is 9.26. The van der Waals surface area contributed by atoms with E-state index in [0.717, 1.165) is 18.7 Å². The van der Waals surface area contributed by atoms with Crippen LogP contribution in [0.2, 0.25) is 0 Å². The van der Waals surface area contributed by atoms with E-state index >= 15 is 0 Å². The Hall–Kier alpha value is -1.36. The summed E-state index contributed by atoms with van der Waals surface area (Å²) in [6.07, 6.45) is 3.02. The monoisotopic (exact) mass is 180 g/mol. The van der Waals surface area contributed by atoms with Crippen molar-refractivity contribution in [2.24, 2.45) is 0 Å². The van der Waals surface area contributed by atoms with Crippen molar-refractivity contribution in [3.8, 4) is 0 Å². The maximum atomic E-state index is 9.05. The van der Waals surface area contributed by atoms with Crippen molar-refractivity contribution < 1.29 is 5.11 Å². The molecule has 1 aromatic rings. The fraction of sp³-hybridized carbons (Fsp3) is 0.500. The molecule has 0 atom stereocenters. The highest BCUT2D eigenvalue weighted by atomic mass is 16.3. The second kappa shape index (κ2) is 3.18. The Bertz CT molecular complexity index is 298. The number of nitrogens with two attached hydrogens (primary N) is 1. The lowest BCUT2D eigenvalue weighted by Gasteiger charge is -2.32. The third-order valence-electron chi connectivity index (χ3n) is 2.14. The van der Waals surface area contributed by atoms with Crippen LogP contribution in [-0.2, 0) is 0 Å². The number of hydrogen-bond donors (Lipinski definition) is 3. The van der Waals surface area contributed by atoms with Crippen LogP contribution in [-0.4, -0.2) is 27.2 Å². The third kappa shape index (κ3) is 1.86. The van der Waals surface area contributed by atoms with E-state index in [0.29, 0.717) is 6.04 Å². The second-order valence-electron chi connectivity index (χ2n) is 3.27. The first-order valence-electron chi connectivity index (χ1n) is 4.27. The van der Waals surface area contributed by atoms with E-state index in [2.05, 4.69) is 15.3 Å². The summed E-state index contributed by atoms with van der Waals surface area (Å²) in [5.74, 6) is 0.995. The maximum Gasteiger partial charge on any atom is 0.221 e. The summed E-state index contributed by atoms with van der Waals surface area (Å²) in [7, 11) is 0. The first-order chi connectivity index (χ1) is 6.24. The minimum atomic E-state index is -0.156. The highest BCUT2D eigenvalue weighted by molar-refractivity contribution is 5.38. The molecule has 1 aromatic heterocycles. The van der Waals surface area contributed by atoms with E-state index in [1.807, 2.05) is 0 Å². The molecule has 0 amide bonds. The average Bonchev–Trinajstić information content (AvgIpc) is 2.01. The summed E-state index contributed by atoms with van der Waals surface area (Å²) in [5, 5.41) is 12.2. The maximum absolute atomic E-state index is 9.05. The molecule has 13 heavy (non-hydrogen) atoms. The standard InChI is InChI=1S/C8H12N4O/c9-8-10-2-1-7(12-8)11-5-3-6(13)4-5/h1-2,5-6,13H,3-4H2,(H3,9,10,11,12). The first kappa shape index (κ1) is 8.25. The van der Waals surface area contributed by atoms with Gasteiger partial charge < -0.3 is 16.2 Å². The van der Waals surface area contributed by atoms with E-state index in [4.69, 9.17) is 10.8 Å². The predicted octanol–water partition coefficient (Wildman–Crippen LogP) is -0.00600. The molecule has 5 heteroatoms. The Morgan fingerprint density at radius 3 is 2.92 bits per heavy atom. The molecular weight excluding hydrogens is 168 g/mol. The van der Waals surface area contributed by atoms with Crippen LogP contribution in [0, 0.1) is 0 Å². The number of aliphatic hydroxyl groups is 1. The van der Waals surface area contributed by atoms with Gasteiger partial charge in [0.25, 0.3) is 0 Å². The van der Waals surface area contributed by atoms with Crippen LogP contribution in [0.3, 0.4) is 0 Å². The van der Waals surface area contributed by atoms with Gasteiger partial charge in [0.15, 0.2) is 0 Å². The Kier molecular flexibility index (Phi) is 2.02. The number of nitrogens with zero attached hydrogens (tertiary/aromatic N) is 2. The van der Waals surface area contributed by atoms with Crippen molar-refractivity contribution in [3.05, 3.63) is 12.3 Å². The van der Waals surface area contributed by atoms with Gasteiger partial charge >= 0.3 is 0 Å². The Morgan fingerprint density at radius 1 is 1.54 bits per heavy atom. The molecule has 0 unspecified atom stereocenters. The topological polar surface area (TPSA) is 84.1 Å². The van der Waals surface area contributed by atoms with Gasteiger partial charge in [-0.05, 0) is 18.9 Å². The summed E-state index contributed by atoms with van der Waals surface area (Å²) in [6, 6.07) is 2.09. The molecule has 1 aliphatic rings. The smallest absolute Gasteiger partial charge is 0.221 e. The predicted molar refractivity (Wildman–Crippen MR) is 49.1 cm³/mol. The number of nitrogens with one attached hydrogen (secondary N) is 1. The van der Waals surface area contributed by atoms with E-state index in [-0.39, 0.29) is 12.1 Å². The van der Waals surface area contributed by atoms with Gasteiger partial charge in [-0.3, -0.25) is 0 Å². The largest absolute Gasteiger partial charge is 0.393 e. The van der Waals surface area contributed by atoms with Crippen LogP contribution in [0.5, 0.6) is 0 Å². The minimum Gasteiger partial charge on any atom is -0.393 e. The molecule has 0 aromatic carbocycles. The lowest BCUT2D eigenvalue weighted by Crippen LogP contribution is -2.39. The highest BCUT2D eigenvalue weighted by Crippen LogP contribution is 2.22. The average molecular weight is 180 g/mol. The highest BCUT2D eigenvalue weighted by Gasteiger charge is 2.26. The van der Waals surface area contributed by atoms with Gasteiger partial charge in [-0.2, -0.15) is 4.98 Å². The van der Waals surface area contributed by atoms with Gasteiger partial charge in [0.1, 0.15) is 5.82 Å². The van der Waals surface area contributed by atoms with Crippen molar-refractivity contribution in [2.45, 2.75) is 25.0 Å². The summed E-state index contributed by atoms with van der Waals surface area (Å²) in [4.78, 5) is 7.78. The van der Waals surface area contributed by atoms with Crippen molar-refractivity contribution >= 4 is 11.8 Å². The van der Waals surface area contributed by atoms with Crippen LogP contribution >= 0.6 is 0 Å². The van der Waals surface area contributed by atoms with Crippen LogP contribution in [0.1, 0.15) is 12.8 Å². The Morgan fingerprint density at radius 2 is 2.31 bits per heavy atom.